The number of pyridine rings is 1. The topological polar surface area (TPSA) is 103 Å². The van der Waals surface area contributed by atoms with E-state index in [4.69, 9.17) is 4.52 Å². The summed E-state index contributed by atoms with van der Waals surface area (Å²) in [5.74, 6) is 1.03. The molecule has 1 amide bonds. The normalized spacial score (nSPS) is 16.9. The van der Waals surface area contributed by atoms with Crippen molar-refractivity contribution in [2.75, 3.05) is 6.54 Å². The Hall–Kier alpha value is -3.10. The second-order valence-electron chi connectivity index (χ2n) is 6.18. The van der Waals surface area contributed by atoms with E-state index in [9.17, 15) is 4.79 Å². The van der Waals surface area contributed by atoms with Crippen LogP contribution in [0.1, 0.15) is 37.6 Å². The van der Waals surface area contributed by atoms with E-state index in [0.717, 1.165) is 12.8 Å². The Morgan fingerprint density at radius 1 is 1.35 bits per heavy atom. The predicted octanol–water partition coefficient (Wildman–Crippen LogP) is 1.87. The Labute approximate surface area is 150 Å². The molecule has 1 aliphatic heterocycles. The van der Waals surface area contributed by atoms with Crippen molar-refractivity contribution >= 4 is 5.91 Å². The summed E-state index contributed by atoms with van der Waals surface area (Å²) in [6, 6.07) is 5.38. The number of aryl methyl sites for hydroxylation is 1. The monoisotopic (exact) mass is 353 g/mol. The third kappa shape index (κ3) is 3.46. The number of carbonyl (C=O) groups excluding carboxylic acids is 1. The van der Waals surface area contributed by atoms with Gasteiger partial charge in [-0.15, -0.1) is 0 Å². The van der Waals surface area contributed by atoms with Gasteiger partial charge in [0.25, 0.3) is 0 Å². The molecular weight excluding hydrogens is 334 g/mol. The van der Waals surface area contributed by atoms with Crippen molar-refractivity contribution in [2.45, 2.75) is 38.3 Å². The molecule has 134 valence electrons. The molecular formula is C17H19N7O2. The molecule has 0 bridgehead atoms. The van der Waals surface area contributed by atoms with Gasteiger partial charge in [0.1, 0.15) is 24.4 Å². The van der Waals surface area contributed by atoms with Crippen LogP contribution in [-0.4, -0.2) is 47.2 Å². The molecule has 0 aliphatic carbocycles. The van der Waals surface area contributed by atoms with Gasteiger partial charge in [-0.1, -0.05) is 11.2 Å². The lowest BCUT2D eigenvalue weighted by Crippen LogP contribution is -2.30. The minimum absolute atomic E-state index is 0.102. The van der Waals surface area contributed by atoms with E-state index in [0.29, 0.717) is 43.3 Å². The van der Waals surface area contributed by atoms with Crippen molar-refractivity contribution in [3.8, 4) is 11.5 Å². The van der Waals surface area contributed by atoms with Gasteiger partial charge in [-0.2, -0.15) is 10.1 Å². The first-order chi connectivity index (χ1) is 12.8. The first kappa shape index (κ1) is 16.4. The van der Waals surface area contributed by atoms with Crippen LogP contribution in [0.15, 0.2) is 41.6 Å². The molecule has 4 heterocycles. The molecule has 0 radical (unpaired) electrons. The van der Waals surface area contributed by atoms with E-state index in [1.54, 1.807) is 17.2 Å². The van der Waals surface area contributed by atoms with Gasteiger partial charge in [0.05, 0.1) is 0 Å². The molecule has 1 saturated heterocycles. The summed E-state index contributed by atoms with van der Waals surface area (Å²) >= 11 is 0. The maximum absolute atomic E-state index is 12.6. The van der Waals surface area contributed by atoms with Gasteiger partial charge in [0.15, 0.2) is 0 Å². The summed E-state index contributed by atoms with van der Waals surface area (Å²) in [5.41, 5.74) is 0.659. The average molecular weight is 353 g/mol. The Morgan fingerprint density at radius 3 is 3.12 bits per heavy atom. The fraction of sp³-hybridized carbons (Fsp3) is 0.412. The van der Waals surface area contributed by atoms with E-state index < -0.39 is 0 Å². The van der Waals surface area contributed by atoms with E-state index in [-0.39, 0.29) is 11.9 Å². The first-order valence-corrected chi connectivity index (χ1v) is 8.68. The van der Waals surface area contributed by atoms with Crippen molar-refractivity contribution in [3.05, 3.63) is 42.9 Å². The molecule has 9 heteroatoms. The van der Waals surface area contributed by atoms with Crippen molar-refractivity contribution in [3.63, 3.8) is 0 Å². The second kappa shape index (κ2) is 7.42. The third-order valence-corrected chi connectivity index (χ3v) is 4.44. The van der Waals surface area contributed by atoms with Crippen LogP contribution in [0, 0.1) is 0 Å². The quantitative estimate of drug-likeness (QED) is 0.666. The number of rotatable bonds is 6. The van der Waals surface area contributed by atoms with E-state index in [1.807, 2.05) is 23.1 Å². The van der Waals surface area contributed by atoms with Crippen LogP contribution in [0.5, 0.6) is 0 Å². The van der Waals surface area contributed by atoms with Crippen molar-refractivity contribution in [1.82, 2.24) is 34.8 Å². The highest BCUT2D eigenvalue weighted by Gasteiger charge is 2.33. The molecule has 0 aromatic carbocycles. The van der Waals surface area contributed by atoms with Crippen molar-refractivity contribution < 1.29 is 9.32 Å². The Kier molecular flexibility index (Phi) is 4.67. The van der Waals surface area contributed by atoms with Crippen LogP contribution in [0.4, 0.5) is 0 Å². The zero-order valence-corrected chi connectivity index (χ0v) is 14.2. The summed E-state index contributed by atoms with van der Waals surface area (Å²) in [6.07, 6.45) is 7.77. The van der Waals surface area contributed by atoms with Crippen LogP contribution in [-0.2, 0) is 11.3 Å². The molecule has 26 heavy (non-hydrogen) atoms. The Balaban J connectivity index is 1.40. The lowest BCUT2D eigenvalue weighted by atomic mass is 10.2. The van der Waals surface area contributed by atoms with Crippen LogP contribution in [0.3, 0.4) is 0 Å². The van der Waals surface area contributed by atoms with Crippen LogP contribution in [0.2, 0.25) is 0 Å². The standard InChI is InChI=1S/C17H19N7O2/c25-15(7-4-9-23-12-18-11-20-23)24-10-3-6-14(24)17-21-16(22-26-17)13-5-1-2-8-19-13/h1-2,5,8,11-12,14H,3-4,6-7,9-10H2/t14-/m1/s1. The number of nitrogens with zero attached hydrogens (tertiary/aromatic N) is 7. The highest BCUT2D eigenvalue weighted by atomic mass is 16.5. The minimum Gasteiger partial charge on any atom is -0.337 e. The molecule has 0 saturated carbocycles. The molecule has 1 atom stereocenters. The third-order valence-electron chi connectivity index (χ3n) is 4.44. The van der Waals surface area contributed by atoms with E-state index >= 15 is 0 Å². The summed E-state index contributed by atoms with van der Waals surface area (Å²) in [6.45, 7) is 1.39. The maximum Gasteiger partial charge on any atom is 0.249 e. The van der Waals surface area contributed by atoms with Gasteiger partial charge in [0.2, 0.25) is 17.6 Å². The Bertz CT molecular complexity index is 847. The van der Waals surface area contributed by atoms with Crippen LogP contribution < -0.4 is 0 Å². The van der Waals surface area contributed by atoms with E-state index in [2.05, 4.69) is 25.2 Å². The summed E-state index contributed by atoms with van der Waals surface area (Å²) in [4.78, 5) is 27.0. The van der Waals surface area contributed by atoms with Gasteiger partial charge >= 0.3 is 0 Å². The SMILES string of the molecule is O=C(CCCn1cncn1)N1CCC[C@@H]1c1nc(-c2ccccn2)no1. The fourth-order valence-electron chi connectivity index (χ4n) is 3.18. The van der Waals surface area contributed by atoms with Gasteiger partial charge in [0, 0.05) is 25.7 Å². The molecule has 0 unspecified atom stereocenters. The number of amides is 1. The number of hydrogen-bond acceptors (Lipinski definition) is 7. The second-order valence-corrected chi connectivity index (χ2v) is 6.18. The number of aromatic nitrogens is 6. The largest absolute Gasteiger partial charge is 0.337 e. The summed E-state index contributed by atoms with van der Waals surface area (Å²) in [5, 5.41) is 8.06. The molecule has 3 aromatic rings. The van der Waals surface area contributed by atoms with E-state index in [1.165, 1.54) is 6.33 Å². The van der Waals surface area contributed by atoms with Gasteiger partial charge in [-0.3, -0.25) is 14.5 Å². The van der Waals surface area contributed by atoms with Gasteiger partial charge < -0.3 is 9.42 Å². The Morgan fingerprint density at radius 2 is 2.31 bits per heavy atom. The average Bonchev–Trinajstić information content (AvgIpc) is 3.42. The molecule has 9 nitrogen and oxygen atoms in total. The molecule has 3 aromatic heterocycles. The predicted molar refractivity (Wildman–Crippen MR) is 90.5 cm³/mol. The highest BCUT2D eigenvalue weighted by molar-refractivity contribution is 5.76. The molecule has 4 rings (SSSR count). The molecule has 0 spiro atoms. The molecule has 0 N–H and O–H groups in total. The molecule has 1 aliphatic rings. The smallest absolute Gasteiger partial charge is 0.249 e. The first-order valence-electron chi connectivity index (χ1n) is 8.68. The van der Waals surface area contributed by atoms with Crippen LogP contribution >= 0.6 is 0 Å². The lowest BCUT2D eigenvalue weighted by molar-refractivity contribution is -0.132. The number of likely N-dealkylation sites (tertiary alicyclic amines) is 1. The van der Waals surface area contributed by atoms with Crippen molar-refractivity contribution in [2.24, 2.45) is 0 Å². The van der Waals surface area contributed by atoms with Gasteiger partial charge in [-0.25, -0.2) is 4.98 Å². The highest BCUT2D eigenvalue weighted by Crippen LogP contribution is 2.32. The zero-order chi connectivity index (χ0) is 17.8. The van der Waals surface area contributed by atoms with Crippen LogP contribution in [0.25, 0.3) is 11.5 Å². The number of carbonyl (C=O) groups is 1. The minimum atomic E-state index is -0.154. The van der Waals surface area contributed by atoms with Crippen molar-refractivity contribution in [1.29, 1.82) is 0 Å². The molecule has 1 fully saturated rings. The van der Waals surface area contributed by atoms with Gasteiger partial charge in [-0.05, 0) is 31.4 Å². The fourth-order valence-corrected chi connectivity index (χ4v) is 3.18. The number of hydrogen-bond donors (Lipinski definition) is 0. The zero-order valence-electron chi connectivity index (χ0n) is 14.2. The summed E-state index contributed by atoms with van der Waals surface area (Å²) < 4.78 is 7.16. The lowest BCUT2D eigenvalue weighted by Gasteiger charge is -2.21. The summed E-state index contributed by atoms with van der Waals surface area (Å²) in [7, 11) is 0. The maximum atomic E-state index is 12.6.